The smallest absolute Gasteiger partial charge is 0.260 e. The third-order valence-electron chi connectivity index (χ3n) is 5.18. The van der Waals surface area contributed by atoms with Crippen LogP contribution in [0.2, 0.25) is 0 Å². The summed E-state index contributed by atoms with van der Waals surface area (Å²) in [4.78, 5) is 25.3. The molecule has 0 saturated carbocycles. The third kappa shape index (κ3) is 3.06. The summed E-state index contributed by atoms with van der Waals surface area (Å²) < 4.78 is 2.08. The summed E-state index contributed by atoms with van der Waals surface area (Å²) in [5.74, 6) is 1.46. The molecule has 5 rings (SSSR count). The minimum absolute atomic E-state index is 0.00439. The van der Waals surface area contributed by atoms with Crippen LogP contribution in [-0.2, 0) is 6.54 Å². The standard InChI is InChI=1S/C23H20N4OS/c1-15(2)26-11-10-24-22(26)19-5-3-7-21(25-19)27-14-17-9-8-16(13-18(17)23(27)28)20-6-4-12-29-20/h3-13,15H,14H2,1-2H3. The van der Waals surface area contributed by atoms with Crippen molar-refractivity contribution < 1.29 is 4.79 Å². The van der Waals surface area contributed by atoms with E-state index in [0.29, 0.717) is 12.4 Å². The summed E-state index contributed by atoms with van der Waals surface area (Å²) >= 11 is 1.68. The van der Waals surface area contributed by atoms with Gasteiger partial charge in [-0.15, -0.1) is 11.3 Å². The molecule has 0 unspecified atom stereocenters. The molecule has 4 heterocycles. The highest BCUT2D eigenvalue weighted by atomic mass is 32.1. The first-order valence-corrected chi connectivity index (χ1v) is 10.5. The number of imidazole rings is 1. The molecule has 0 saturated heterocycles. The van der Waals surface area contributed by atoms with Gasteiger partial charge in [-0.3, -0.25) is 9.69 Å². The molecular formula is C23H20N4OS. The lowest BCUT2D eigenvalue weighted by Gasteiger charge is -2.16. The van der Waals surface area contributed by atoms with Crippen molar-refractivity contribution in [2.24, 2.45) is 0 Å². The minimum Gasteiger partial charge on any atom is -0.327 e. The van der Waals surface area contributed by atoms with E-state index in [1.165, 1.54) is 4.88 Å². The summed E-state index contributed by atoms with van der Waals surface area (Å²) in [5.41, 5.74) is 3.64. The van der Waals surface area contributed by atoms with Gasteiger partial charge in [-0.25, -0.2) is 9.97 Å². The van der Waals surface area contributed by atoms with Gasteiger partial charge in [0, 0.05) is 28.9 Å². The highest BCUT2D eigenvalue weighted by Crippen LogP contribution is 2.33. The first-order chi connectivity index (χ1) is 14.1. The molecule has 0 fully saturated rings. The lowest BCUT2D eigenvalue weighted by atomic mass is 10.1. The van der Waals surface area contributed by atoms with E-state index in [2.05, 4.69) is 41.6 Å². The van der Waals surface area contributed by atoms with E-state index in [1.54, 1.807) is 22.4 Å². The molecule has 0 atom stereocenters. The van der Waals surface area contributed by atoms with Crippen LogP contribution in [0, 0.1) is 0 Å². The second-order valence-electron chi connectivity index (χ2n) is 7.37. The fourth-order valence-corrected chi connectivity index (χ4v) is 4.43. The summed E-state index contributed by atoms with van der Waals surface area (Å²) in [6, 6.07) is 16.3. The summed E-state index contributed by atoms with van der Waals surface area (Å²) in [7, 11) is 0. The molecule has 0 radical (unpaired) electrons. The second kappa shape index (κ2) is 6.97. The van der Waals surface area contributed by atoms with Crippen molar-refractivity contribution in [2.45, 2.75) is 26.4 Å². The molecule has 1 aliphatic rings. The largest absolute Gasteiger partial charge is 0.327 e. The van der Waals surface area contributed by atoms with Crippen LogP contribution in [0.5, 0.6) is 0 Å². The maximum absolute atomic E-state index is 13.2. The highest BCUT2D eigenvalue weighted by molar-refractivity contribution is 7.13. The molecule has 3 aromatic heterocycles. The molecule has 144 valence electrons. The Bertz CT molecular complexity index is 1190. The van der Waals surface area contributed by atoms with Crippen molar-refractivity contribution in [1.29, 1.82) is 0 Å². The van der Waals surface area contributed by atoms with Gasteiger partial charge in [0.2, 0.25) is 0 Å². The van der Waals surface area contributed by atoms with Crippen molar-refractivity contribution in [3.63, 3.8) is 0 Å². The van der Waals surface area contributed by atoms with Gasteiger partial charge in [0.15, 0.2) is 5.82 Å². The maximum atomic E-state index is 13.2. The van der Waals surface area contributed by atoms with Gasteiger partial charge in [0.25, 0.3) is 5.91 Å². The summed E-state index contributed by atoms with van der Waals surface area (Å²) in [5, 5.41) is 2.05. The Morgan fingerprint density at radius 3 is 2.79 bits per heavy atom. The van der Waals surface area contributed by atoms with Crippen LogP contribution in [0.25, 0.3) is 22.0 Å². The quantitative estimate of drug-likeness (QED) is 0.460. The average molecular weight is 401 g/mol. The summed E-state index contributed by atoms with van der Waals surface area (Å²) in [6.07, 6.45) is 3.74. The molecule has 0 aliphatic carbocycles. The predicted molar refractivity (Wildman–Crippen MR) is 116 cm³/mol. The van der Waals surface area contributed by atoms with E-state index in [4.69, 9.17) is 4.98 Å². The Hall–Kier alpha value is -3.25. The molecule has 6 heteroatoms. The fourth-order valence-electron chi connectivity index (χ4n) is 3.71. The number of hydrogen-bond acceptors (Lipinski definition) is 4. The fraction of sp³-hybridized carbons (Fsp3) is 0.174. The number of pyridine rings is 1. The van der Waals surface area contributed by atoms with Crippen molar-refractivity contribution >= 4 is 23.1 Å². The number of rotatable bonds is 4. The first-order valence-electron chi connectivity index (χ1n) is 9.61. The van der Waals surface area contributed by atoms with Crippen molar-refractivity contribution in [2.75, 3.05) is 4.90 Å². The van der Waals surface area contributed by atoms with E-state index in [9.17, 15) is 4.79 Å². The van der Waals surface area contributed by atoms with Crippen LogP contribution < -0.4 is 4.90 Å². The molecule has 0 spiro atoms. The number of fused-ring (bicyclic) bond motifs is 1. The van der Waals surface area contributed by atoms with E-state index in [-0.39, 0.29) is 11.9 Å². The van der Waals surface area contributed by atoms with Gasteiger partial charge >= 0.3 is 0 Å². The van der Waals surface area contributed by atoms with Crippen molar-refractivity contribution in [3.8, 4) is 22.0 Å². The van der Waals surface area contributed by atoms with Crippen molar-refractivity contribution in [3.05, 3.63) is 77.4 Å². The normalized spacial score (nSPS) is 13.3. The van der Waals surface area contributed by atoms with Gasteiger partial charge in [-0.2, -0.15) is 0 Å². The summed E-state index contributed by atoms with van der Waals surface area (Å²) in [6.45, 7) is 4.76. The highest BCUT2D eigenvalue weighted by Gasteiger charge is 2.30. The number of carbonyl (C=O) groups is 1. The number of aromatic nitrogens is 3. The molecule has 0 bridgehead atoms. The Morgan fingerprint density at radius 2 is 2.00 bits per heavy atom. The van der Waals surface area contributed by atoms with E-state index in [1.807, 2.05) is 41.9 Å². The van der Waals surface area contributed by atoms with E-state index in [0.717, 1.165) is 28.2 Å². The van der Waals surface area contributed by atoms with Crippen LogP contribution in [0.15, 0.2) is 66.3 Å². The van der Waals surface area contributed by atoms with Gasteiger partial charge < -0.3 is 4.57 Å². The molecule has 5 nitrogen and oxygen atoms in total. The molecule has 29 heavy (non-hydrogen) atoms. The lowest BCUT2D eigenvalue weighted by molar-refractivity contribution is 0.0996. The van der Waals surface area contributed by atoms with E-state index >= 15 is 0 Å². The Kier molecular flexibility index (Phi) is 4.28. The number of carbonyl (C=O) groups excluding carboxylic acids is 1. The van der Waals surface area contributed by atoms with Gasteiger partial charge in [-0.1, -0.05) is 24.3 Å². The van der Waals surface area contributed by atoms with Crippen LogP contribution >= 0.6 is 11.3 Å². The van der Waals surface area contributed by atoms with Crippen LogP contribution in [0.3, 0.4) is 0 Å². The zero-order chi connectivity index (χ0) is 20.0. The van der Waals surface area contributed by atoms with Gasteiger partial charge in [0.1, 0.15) is 11.5 Å². The second-order valence-corrected chi connectivity index (χ2v) is 8.32. The average Bonchev–Trinajstić information content (AvgIpc) is 3.48. The Morgan fingerprint density at radius 1 is 1.10 bits per heavy atom. The van der Waals surface area contributed by atoms with Gasteiger partial charge in [-0.05, 0) is 54.6 Å². The monoisotopic (exact) mass is 400 g/mol. The van der Waals surface area contributed by atoms with Crippen LogP contribution in [-0.4, -0.2) is 20.4 Å². The van der Waals surface area contributed by atoms with Crippen molar-refractivity contribution in [1.82, 2.24) is 14.5 Å². The Labute approximate surface area is 173 Å². The number of nitrogens with zero attached hydrogens (tertiary/aromatic N) is 4. The first kappa shape index (κ1) is 17.8. The molecule has 1 aromatic carbocycles. The molecule has 1 amide bonds. The molecular weight excluding hydrogens is 380 g/mol. The topological polar surface area (TPSA) is 51.0 Å². The van der Waals surface area contributed by atoms with E-state index < -0.39 is 0 Å². The Balaban J connectivity index is 1.49. The lowest BCUT2D eigenvalue weighted by Crippen LogP contribution is -2.24. The predicted octanol–water partition coefficient (Wildman–Crippen LogP) is 5.41. The maximum Gasteiger partial charge on any atom is 0.260 e. The van der Waals surface area contributed by atoms with Gasteiger partial charge in [0.05, 0.1) is 6.54 Å². The SMILES string of the molecule is CC(C)n1ccnc1-c1cccc(N2Cc3ccc(-c4cccs4)cc3C2=O)n1. The third-order valence-corrected chi connectivity index (χ3v) is 6.10. The zero-order valence-corrected chi connectivity index (χ0v) is 17.1. The number of thiophene rings is 1. The number of amides is 1. The number of hydrogen-bond donors (Lipinski definition) is 0. The number of benzene rings is 1. The molecule has 0 N–H and O–H groups in total. The molecule has 1 aliphatic heterocycles. The van der Waals surface area contributed by atoms with Crippen LogP contribution in [0.1, 0.15) is 35.8 Å². The molecule has 4 aromatic rings. The zero-order valence-electron chi connectivity index (χ0n) is 16.2. The van der Waals surface area contributed by atoms with Crippen LogP contribution in [0.4, 0.5) is 5.82 Å². The minimum atomic E-state index is -0.00439. The number of anilines is 1.